The fourth-order valence-corrected chi connectivity index (χ4v) is 6.20. The first-order valence-electron chi connectivity index (χ1n) is 13.0. The van der Waals surface area contributed by atoms with Gasteiger partial charge in [-0.15, -0.1) is 11.3 Å². The number of aromatic nitrogens is 2. The minimum Gasteiger partial charge on any atom is -0.378 e. The Morgan fingerprint density at radius 1 is 1.05 bits per heavy atom. The molecule has 2 aliphatic rings. The van der Waals surface area contributed by atoms with E-state index in [2.05, 4.69) is 33.5 Å². The van der Waals surface area contributed by atoms with E-state index >= 15 is 0 Å². The van der Waals surface area contributed by atoms with Crippen LogP contribution in [-0.2, 0) is 16.0 Å². The molecule has 2 amide bonds. The van der Waals surface area contributed by atoms with Crippen LogP contribution in [0.1, 0.15) is 40.9 Å². The number of benzene rings is 1. The molecule has 7 nitrogen and oxygen atoms in total. The Morgan fingerprint density at radius 3 is 2.62 bits per heavy atom. The third-order valence-corrected chi connectivity index (χ3v) is 8.40. The largest absolute Gasteiger partial charge is 0.378 e. The van der Waals surface area contributed by atoms with Gasteiger partial charge < -0.3 is 19.9 Å². The molecule has 2 N–H and O–H groups in total. The van der Waals surface area contributed by atoms with Crippen LogP contribution in [0.25, 0.3) is 32.6 Å². The van der Waals surface area contributed by atoms with Gasteiger partial charge in [-0.2, -0.15) is 0 Å². The average molecular weight is 515 g/mol. The molecule has 0 atom stereocenters. The number of carbonyl (C=O) groups excluding carboxylic acids is 2. The number of hydrogen-bond donors (Lipinski definition) is 2. The highest BCUT2D eigenvalue weighted by molar-refractivity contribution is 7.17. The summed E-state index contributed by atoms with van der Waals surface area (Å²) in [6.45, 7) is 2.46. The molecule has 4 aromatic rings. The standard InChI is InChI=1S/C29H30N4O3S/c34-27(32-22-3-1-2-4-22)15-19-5-7-20(8-6-19)24-18-31-28-23(24)16-21(17-30-28)25-9-10-26(37-25)29(35)33-11-13-36-14-12-33/h5-10,16-18,22H,1-4,11-15H2,(H,30,31)(H,32,34). The Hall–Kier alpha value is -3.49. The summed E-state index contributed by atoms with van der Waals surface area (Å²) in [5, 5.41) is 4.19. The maximum atomic E-state index is 12.9. The van der Waals surface area contributed by atoms with E-state index in [9.17, 15) is 9.59 Å². The van der Waals surface area contributed by atoms with Crippen molar-refractivity contribution in [2.45, 2.75) is 38.1 Å². The lowest BCUT2D eigenvalue weighted by Crippen LogP contribution is -2.40. The SMILES string of the molecule is O=C(Cc1ccc(-c2c[nH]c3ncc(-c4ccc(C(=O)N5CCOCC5)s4)cc23)cc1)NC1CCCC1. The maximum absolute atomic E-state index is 12.9. The second kappa shape index (κ2) is 10.5. The first-order valence-corrected chi connectivity index (χ1v) is 13.8. The predicted molar refractivity (Wildman–Crippen MR) is 146 cm³/mol. The molecule has 8 heteroatoms. The van der Waals surface area contributed by atoms with Gasteiger partial charge in [-0.05, 0) is 42.2 Å². The molecule has 190 valence electrons. The summed E-state index contributed by atoms with van der Waals surface area (Å²) in [6.07, 6.45) is 8.84. The van der Waals surface area contributed by atoms with E-state index in [4.69, 9.17) is 4.74 Å². The summed E-state index contributed by atoms with van der Waals surface area (Å²) in [5.41, 5.74) is 4.94. The first-order chi connectivity index (χ1) is 18.1. The Morgan fingerprint density at radius 2 is 1.84 bits per heavy atom. The number of amides is 2. The van der Waals surface area contributed by atoms with Crippen molar-refractivity contribution in [2.24, 2.45) is 0 Å². The number of rotatable bonds is 6. The number of hydrogen-bond acceptors (Lipinski definition) is 5. The van der Waals surface area contributed by atoms with E-state index in [0.717, 1.165) is 55.9 Å². The number of H-pyrrole nitrogens is 1. The fraction of sp³-hybridized carbons (Fsp3) is 0.345. The lowest BCUT2D eigenvalue weighted by molar-refractivity contribution is -0.121. The van der Waals surface area contributed by atoms with Crippen LogP contribution in [-0.4, -0.2) is 59.0 Å². The third-order valence-electron chi connectivity index (χ3n) is 7.28. The van der Waals surface area contributed by atoms with Crippen LogP contribution >= 0.6 is 11.3 Å². The molecular weight excluding hydrogens is 484 g/mol. The highest BCUT2D eigenvalue weighted by atomic mass is 32.1. The zero-order chi connectivity index (χ0) is 25.2. The van der Waals surface area contributed by atoms with Gasteiger partial charge in [0.2, 0.25) is 5.91 Å². The lowest BCUT2D eigenvalue weighted by Gasteiger charge is -2.26. The molecule has 0 bridgehead atoms. The van der Waals surface area contributed by atoms with Gasteiger partial charge in [-0.25, -0.2) is 4.98 Å². The van der Waals surface area contributed by atoms with Gasteiger partial charge >= 0.3 is 0 Å². The number of thiophene rings is 1. The molecule has 37 heavy (non-hydrogen) atoms. The van der Waals surface area contributed by atoms with Crippen molar-refractivity contribution < 1.29 is 14.3 Å². The highest BCUT2D eigenvalue weighted by Crippen LogP contribution is 2.34. The topological polar surface area (TPSA) is 87.3 Å². The number of carbonyl (C=O) groups is 2. The second-order valence-corrected chi connectivity index (χ2v) is 10.9. The van der Waals surface area contributed by atoms with E-state index in [0.29, 0.717) is 38.8 Å². The molecule has 2 fully saturated rings. The van der Waals surface area contributed by atoms with E-state index in [1.54, 1.807) is 0 Å². The molecule has 6 rings (SSSR count). The Kier molecular flexibility index (Phi) is 6.76. The van der Waals surface area contributed by atoms with Gasteiger partial charge in [0.1, 0.15) is 5.65 Å². The molecule has 3 aromatic heterocycles. The van der Waals surface area contributed by atoms with Crippen molar-refractivity contribution in [2.75, 3.05) is 26.3 Å². The fourth-order valence-electron chi connectivity index (χ4n) is 5.24. The van der Waals surface area contributed by atoms with Crippen molar-refractivity contribution in [1.82, 2.24) is 20.2 Å². The first kappa shape index (κ1) is 23.9. The van der Waals surface area contributed by atoms with E-state index < -0.39 is 0 Å². The Labute approximate surface area is 219 Å². The zero-order valence-corrected chi connectivity index (χ0v) is 21.5. The molecule has 1 saturated carbocycles. The minimum absolute atomic E-state index is 0.0629. The van der Waals surface area contributed by atoms with E-state index in [1.807, 2.05) is 41.6 Å². The van der Waals surface area contributed by atoms with Crippen molar-refractivity contribution in [3.8, 4) is 21.6 Å². The third kappa shape index (κ3) is 5.17. The van der Waals surface area contributed by atoms with Crippen LogP contribution in [0.4, 0.5) is 0 Å². The summed E-state index contributed by atoms with van der Waals surface area (Å²) < 4.78 is 5.37. The summed E-state index contributed by atoms with van der Waals surface area (Å²) in [5.74, 6) is 0.163. The van der Waals surface area contributed by atoms with Gasteiger partial charge in [0.15, 0.2) is 0 Å². The van der Waals surface area contributed by atoms with Crippen molar-refractivity contribution in [3.63, 3.8) is 0 Å². The van der Waals surface area contributed by atoms with Gasteiger partial charge in [-0.3, -0.25) is 9.59 Å². The number of nitrogens with zero attached hydrogens (tertiary/aromatic N) is 2. The normalized spacial score (nSPS) is 16.4. The zero-order valence-electron chi connectivity index (χ0n) is 20.7. The van der Waals surface area contributed by atoms with Gasteiger partial charge in [0.05, 0.1) is 24.5 Å². The number of ether oxygens (including phenoxy) is 1. The smallest absolute Gasteiger partial charge is 0.264 e. The van der Waals surface area contributed by atoms with Crippen LogP contribution in [0.5, 0.6) is 0 Å². The van der Waals surface area contributed by atoms with Crippen molar-refractivity contribution in [3.05, 3.63) is 65.3 Å². The average Bonchev–Trinajstić information content (AvgIpc) is 3.70. The molecule has 0 spiro atoms. The lowest BCUT2D eigenvalue weighted by atomic mass is 10.0. The molecule has 0 unspecified atom stereocenters. The second-order valence-electron chi connectivity index (χ2n) is 9.81. The minimum atomic E-state index is 0.0629. The van der Waals surface area contributed by atoms with Crippen molar-refractivity contribution >= 4 is 34.2 Å². The molecule has 1 saturated heterocycles. The molecule has 1 aliphatic heterocycles. The number of fused-ring (bicyclic) bond motifs is 1. The van der Waals surface area contributed by atoms with E-state index in [1.165, 1.54) is 24.2 Å². The summed E-state index contributed by atoms with van der Waals surface area (Å²) in [4.78, 5) is 36.8. The van der Waals surface area contributed by atoms with Crippen LogP contribution in [0.2, 0.25) is 0 Å². The monoisotopic (exact) mass is 514 g/mol. The number of aromatic amines is 1. The Bertz CT molecular complexity index is 1410. The summed E-state index contributed by atoms with van der Waals surface area (Å²) >= 11 is 1.50. The van der Waals surface area contributed by atoms with Gasteiger partial charge in [-0.1, -0.05) is 37.1 Å². The molecular formula is C29H30N4O3S. The van der Waals surface area contributed by atoms with Crippen LogP contribution in [0.3, 0.4) is 0 Å². The summed E-state index contributed by atoms with van der Waals surface area (Å²) in [7, 11) is 0. The van der Waals surface area contributed by atoms with Crippen LogP contribution in [0.15, 0.2) is 54.9 Å². The number of pyridine rings is 1. The van der Waals surface area contributed by atoms with Gasteiger partial charge in [0, 0.05) is 52.9 Å². The predicted octanol–water partition coefficient (Wildman–Crippen LogP) is 5.03. The number of morpholine rings is 1. The molecule has 0 radical (unpaired) electrons. The highest BCUT2D eigenvalue weighted by Gasteiger charge is 2.21. The quantitative estimate of drug-likeness (QED) is 0.378. The number of nitrogens with one attached hydrogen (secondary N) is 2. The summed E-state index contributed by atoms with van der Waals surface area (Å²) in [6, 6.07) is 14.6. The van der Waals surface area contributed by atoms with Crippen LogP contribution in [0, 0.1) is 0 Å². The Balaban J connectivity index is 1.19. The molecule has 4 heterocycles. The van der Waals surface area contributed by atoms with Crippen LogP contribution < -0.4 is 5.32 Å². The molecule has 1 aliphatic carbocycles. The maximum Gasteiger partial charge on any atom is 0.264 e. The van der Waals surface area contributed by atoms with Gasteiger partial charge in [0.25, 0.3) is 5.91 Å². The van der Waals surface area contributed by atoms with E-state index in [-0.39, 0.29) is 11.8 Å². The molecule has 1 aromatic carbocycles. The van der Waals surface area contributed by atoms with Crippen molar-refractivity contribution in [1.29, 1.82) is 0 Å².